The van der Waals surface area contributed by atoms with Crippen LogP contribution in [0.3, 0.4) is 0 Å². The zero-order valence-electron chi connectivity index (χ0n) is 14.3. The Morgan fingerprint density at radius 2 is 2.00 bits per heavy atom. The molecule has 1 aromatic rings. The third kappa shape index (κ3) is 3.20. The highest BCUT2D eigenvalue weighted by atomic mass is 16.2. The SMILES string of the molecule is CNC(=O)CCC1CCCCN1c1c(C#N)c(=O)n(C)c(=O)n1C. The van der Waals surface area contributed by atoms with E-state index < -0.39 is 11.2 Å². The van der Waals surface area contributed by atoms with Crippen molar-refractivity contribution in [1.82, 2.24) is 14.5 Å². The second-order valence-corrected chi connectivity index (χ2v) is 6.07. The number of nitriles is 1. The van der Waals surface area contributed by atoms with Crippen molar-refractivity contribution in [2.45, 2.75) is 38.1 Å². The van der Waals surface area contributed by atoms with Gasteiger partial charge < -0.3 is 10.2 Å². The Kier molecular flexibility index (Phi) is 5.44. The van der Waals surface area contributed by atoms with Gasteiger partial charge in [0, 0.05) is 40.2 Å². The van der Waals surface area contributed by atoms with Crippen molar-refractivity contribution in [3.05, 3.63) is 26.4 Å². The van der Waals surface area contributed by atoms with E-state index in [2.05, 4.69) is 5.32 Å². The lowest BCUT2D eigenvalue weighted by Crippen LogP contribution is -2.47. The molecule has 0 spiro atoms. The van der Waals surface area contributed by atoms with Crippen LogP contribution < -0.4 is 21.5 Å². The zero-order chi connectivity index (χ0) is 17.9. The average Bonchev–Trinajstić information content (AvgIpc) is 2.61. The zero-order valence-corrected chi connectivity index (χ0v) is 14.3. The van der Waals surface area contributed by atoms with Gasteiger partial charge in [-0.05, 0) is 25.7 Å². The number of hydrogen-bond donors (Lipinski definition) is 1. The van der Waals surface area contributed by atoms with Gasteiger partial charge in [-0.3, -0.25) is 18.7 Å². The lowest BCUT2D eigenvalue weighted by molar-refractivity contribution is -0.120. The van der Waals surface area contributed by atoms with E-state index in [1.165, 1.54) is 11.6 Å². The molecule has 1 amide bonds. The minimum atomic E-state index is -0.578. The summed E-state index contributed by atoms with van der Waals surface area (Å²) in [5.74, 6) is 0.325. The molecule has 2 heterocycles. The number of aromatic nitrogens is 2. The normalized spacial score (nSPS) is 17.4. The van der Waals surface area contributed by atoms with Crippen LogP contribution >= 0.6 is 0 Å². The molecule has 2 rings (SSSR count). The van der Waals surface area contributed by atoms with E-state index >= 15 is 0 Å². The smallest absolute Gasteiger partial charge is 0.332 e. The Morgan fingerprint density at radius 1 is 1.29 bits per heavy atom. The Morgan fingerprint density at radius 3 is 2.62 bits per heavy atom. The predicted octanol–water partition coefficient (Wildman–Crippen LogP) is -0.159. The van der Waals surface area contributed by atoms with Gasteiger partial charge in [0.05, 0.1) is 0 Å². The van der Waals surface area contributed by atoms with Crippen molar-refractivity contribution in [3.8, 4) is 6.07 Å². The van der Waals surface area contributed by atoms with E-state index in [-0.39, 0.29) is 17.5 Å². The van der Waals surface area contributed by atoms with E-state index in [1.807, 2.05) is 11.0 Å². The summed E-state index contributed by atoms with van der Waals surface area (Å²) in [6, 6.07) is 1.98. The topological polar surface area (TPSA) is 100 Å². The van der Waals surface area contributed by atoms with Gasteiger partial charge in [0.25, 0.3) is 5.56 Å². The number of nitrogens with zero attached hydrogens (tertiary/aromatic N) is 4. The molecule has 8 heteroatoms. The van der Waals surface area contributed by atoms with Crippen LogP contribution in [0.25, 0.3) is 0 Å². The number of rotatable bonds is 4. The third-order valence-corrected chi connectivity index (χ3v) is 4.63. The molecular formula is C16H23N5O3. The number of carbonyl (C=O) groups excluding carboxylic acids is 1. The summed E-state index contributed by atoms with van der Waals surface area (Å²) in [4.78, 5) is 38.1. The first-order chi connectivity index (χ1) is 11.4. The molecule has 1 N–H and O–H groups in total. The largest absolute Gasteiger partial charge is 0.359 e. The Labute approximate surface area is 140 Å². The second kappa shape index (κ2) is 7.34. The second-order valence-electron chi connectivity index (χ2n) is 6.07. The maximum absolute atomic E-state index is 12.3. The predicted molar refractivity (Wildman–Crippen MR) is 89.9 cm³/mol. The molecule has 130 valence electrons. The van der Waals surface area contributed by atoms with Crippen LogP contribution in [0, 0.1) is 11.3 Å². The molecule has 8 nitrogen and oxygen atoms in total. The van der Waals surface area contributed by atoms with Crippen LogP contribution in [0.15, 0.2) is 9.59 Å². The van der Waals surface area contributed by atoms with Gasteiger partial charge in [0.15, 0.2) is 5.56 Å². The van der Waals surface area contributed by atoms with Crippen molar-refractivity contribution in [2.75, 3.05) is 18.5 Å². The summed E-state index contributed by atoms with van der Waals surface area (Å²) in [5, 5.41) is 12.0. The van der Waals surface area contributed by atoms with Gasteiger partial charge in [-0.2, -0.15) is 5.26 Å². The number of carbonyl (C=O) groups is 1. The number of nitrogens with one attached hydrogen (secondary N) is 1. The molecule has 1 atom stereocenters. The van der Waals surface area contributed by atoms with Gasteiger partial charge >= 0.3 is 5.69 Å². The molecule has 1 aromatic heterocycles. The van der Waals surface area contributed by atoms with Gasteiger partial charge in [0.1, 0.15) is 11.9 Å². The maximum Gasteiger partial charge on any atom is 0.332 e. The van der Waals surface area contributed by atoms with Gasteiger partial charge in [-0.1, -0.05) is 0 Å². The van der Waals surface area contributed by atoms with Crippen molar-refractivity contribution >= 4 is 11.7 Å². The summed E-state index contributed by atoms with van der Waals surface area (Å²) in [7, 11) is 4.54. The molecule has 1 aliphatic rings. The quantitative estimate of drug-likeness (QED) is 0.825. The van der Waals surface area contributed by atoms with E-state index in [4.69, 9.17) is 0 Å². The molecule has 1 fully saturated rings. The number of amides is 1. The Balaban J connectivity index is 2.48. The molecule has 24 heavy (non-hydrogen) atoms. The van der Waals surface area contributed by atoms with E-state index in [1.54, 1.807) is 14.1 Å². The van der Waals surface area contributed by atoms with Crippen molar-refractivity contribution < 1.29 is 4.79 Å². The molecule has 0 aliphatic carbocycles. The van der Waals surface area contributed by atoms with Gasteiger partial charge in [-0.15, -0.1) is 0 Å². The summed E-state index contributed by atoms with van der Waals surface area (Å²) >= 11 is 0. The Bertz CT molecular complexity index is 787. The summed E-state index contributed by atoms with van der Waals surface area (Å²) in [5.41, 5.74) is -1.05. The van der Waals surface area contributed by atoms with E-state index in [0.717, 1.165) is 23.8 Å². The highest BCUT2D eigenvalue weighted by Gasteiger charge is 2.29. The minimum absolute atomic E-state index is 0.0218. The number of hydrogen-bond acceptors (Lipinski definition) is 5. The van der Waals surface area contributed by atoms with Crippen LogP contribution in [0.4, 0.5) is 5.82 Å². The van der Waals surface area contributed by atoms with E-state index in [9.17, 15) is 19.6 Å². The van der Waals surface area contributed by atoms with Crippen LogP contribution in [0.5, 0.6) is 0 Å². The molecule has 1 unspecified atom stereocenters. The average molecular weight is 333 g/mol. The molecule has 0 aromatic carbocycles. The number of anilines is 1. The van der Waals surface area contributed by atoms with E-state index in [0.29, 0.717) is 25.2 Å². The lowest BCUT2D eigenvalue weighted by atomic mass is 9.97. The van der Waals surface area contributed by atoms with Crippen LogP contribution in [0.1, 0.15) is 37.7 Å². The van der Waals surface area contributed by atoms with Gasteiger partial charge in [0.2, 0.25) is 5.91 Å². The molecule has 0 radical (unpaired) electrons. The molecule has 0 bridgehead atoms. The third-order valence-electron chi connectivity index (χ3n) is 4.63. The first-order valence-corrected chi connectivity index (χ1v) is 8.09. The first kappa shape index (κ1) is 17.8. The minimum Gasteiger partial charge on any atom is -0.359 e. The maximum atomic E-state index is 12.3. The standard InChI is InChI=1S/C16H23N5O3/c1-18-13(22)8-7-11-6-4-5-9-21(11)14-12(10-17)15(23)20(3)16(24)19(14)2/h11H,4-9H2,1-3H3,(H,18,22). The van der Waals surface area contributed by atoms with Crippen LogP contribution in [0.2, 0.25) is 0 Å². The number of piperidine rings is 1. The molecular weight excluding hydrogens is 310 g/mol. The highest BCUT2D eigenvalue weighted by molar-refractivity contribution is 5.75. The molecule has 1 aliphatic heterocycles. The van der Waals surface area contributed by atoms with Crippen molar-refractivity contribution in [1.29, 1.82) is 5.26 Å². The summed E-state index contributed by atoms with van der Waals surface area (Å²) < 4.78 is 2.31. The fraction of sp³-hybridized carbons (Fsp3) is 0.625. The van der Waals surface area contributed by atoms with Gasteiger partial charge in [-0.25, -0.2) is 4.79 Å². The lowest BCUT2D eigenvalue weighted by Gasteiger charge is -2.38. The fourth-order valence-corrected chi connectivity index (χ4v) is 3.27. The van der Waals surface area contributed by atoms with Crippen molar-refractivity contribution in [3.63, 3.8) is 0 Å². The summed E-state index contributed by atoms with van der Waals surface area (Å²) in [6.07, 6.45) is 3.80. The van der Waals surface area contributed by atoms with Crippen LogP contribution in [-0.4, -0.2) is 34.7 Å². The molecule has 0 saturated carbocycles. The molecule has 1 saturated heterocycles. The first-order valence-electron chi connectivity index (χ1n) is 8.09. The summed E-state index contributed by atoms with van der Waals surface area (Å²) in [6.45, 7) is 0.660. The fourth-order valence-electron chi connectivity index (χ4n) is 3.27. The Hall–Kier alpha value is -2.56. The van der Waals surface area contributed by atoms with Crippen LogP contribution in [-0.2, 0) is 18.9 Å². The monoisotopic (exact) mass is 333 g/mol. The van der Waals surface area contributed by atoms with Crippen molar-refractivity contribution in [2.24, 2.45) is 14.1 Å². The highest BCUT2D eigenvalue weighted by Crippen LogP contribution is 2.27.